The maximum Gasteiger partial charge on any atom is 0.160 e. The summed E-state index contributed by atoms with van der Waals surface area (Å²) in [4.78, 5) is 15.1. The van der Waals surface area contributed by atoms with Crippen molar-refractivity contribution in [2.45, 2.75) is 20.3 Å². The summed E-state index contributed by atoms with van der Waals surface area (Å²) >= 11 is 0. The highest BCUT2D eigenvalue weighted by Crippen LogP contribution is 2.30. The van der Waals surface area contributed by atoms with Gasteiger partial charge in [-0.3, -0.25) is 4.79 Å². The lowest BCUT2D eigenvalue weighted by atomic mass is 9.96. The molecule has 0 saturated heterocycles. The summed E-state index contributed by atoms with van der Waals surface area (Å²) < 4.78 is 0. The highest BCUT2D eigenvalue weighted by atomic mass is 16.1. The summed E-state index contributed by atoms with van der Waals surface area (Å²) in [7, 11) is 0. The summed E-state index contributed by atoms with van der Waals surface area (Å²) in [5, 5.41) is 2.40. The van der Waals surface area contributed by atoms with E-state index in [0.29, 0.717) is 0 Å². The van der Waals surface area contributed by atoms with Crippen molar-refractivity contribution >= 4 is 27.6 Å². The summed E-state index contributed by atoms with van der Waals surface area (Å²) in [6, 6.07) is 12.2. The lowest BCUT2D eigenvalue weighted by Gasteiger charge is -2.06. The molecule has 0 aliphatic rings. The Morgan fingerprint density at radius 2 is 1.89 bits per heavy atom. The van der Waals surface area contributed by atoms with E-state index in [4.69, 9.17) is 0 Å². The van der Waals surface area contributed by atoms with Crippen LogP contribution in [0.1, 0.15) is 29.8 Å². The van der Waals surface area contributed by atoms with Crippen molar-refractivity contribution in [3.8, 4) is 0 Å². The number of H-pyrrole nitrogens is 1. The summed E-state index contributed by atoms with van der Waals surface area (Å²) in [6.07, 6.45) is 0.869. The number of hydrogen-bond donors (Lipinski definition) is 1. The molecule has 90 valence electrons. The highest BCUT2D eigenvalue weighted by molar-refractivity contribution is 6.12. The average molecular weight is 237 g/mol. The zero-order chi connectivity index (χ0) is 12.7. The molecule has 1 N–H and O–H groups in total. The highest BCUT2D eigenvalue weighted by Gasteiger charge is 2.13. The van der Waals surface area contributed by atoms with E-state index in [2.05, 4.69) is 24.0 Å². The maximum absolute atomic E-state index is 11.7. The second-order valence-corrected chi connectivity index (χ2v) is 4.59. The van der Waals surface area contributed by atoms with Gasteiger partial charge in [0.05, 0.1) is 0 Å². The molecule has 0 unspecified atom stereocenters. The Bertz CT molecular complexity index is 752. The van der Waals surface area contributed by atoms with Gasteiger partial charge in [-0.1, -0.05) is 25.1 Å². The minimum absolute atomic E-state index is 0.138. The fourth-order valence-corrected chi connectivity index (χ4v) is 2.71. The quantitative estimate of drug-likeness (QED) is 0.669. The summed E-state index contributed by atoms with van der Waals surface area (Å²) in [6.45, 7) is 3.73. The van der Waals surface area contributed by atoms with Crippen LogP contribution in [0.15, 0.2) is 36.4 Å². The first-order chi connectivity index (χ1) is 8.72. The molecule has 0 aliphatic carbocycles. The molecule has 0 spiro atoms. The van der Waals surface area contributed by atoms with Gasteiger partial charge < -0.3 is 4.98 Å². The Labute approximate surface area is 106 Å². The second kappa shape index (κ2) is 3.98. The zero-order valence-corrected chi connectivity index (χ0v) is 10.6. The molecular formula is C16H15NO. The van der Waals surface area contributed by atoms with Crippen LogP contribution in [0.3, 0.4) is 0 Å². The predicted octanol–water partition coefficient (Wildman–Crippen LogP) is 4.09. The third kappa shape index (κ3) is 1.46. The Morgan fingerprint density at radius 1 is 1.11 bits per heavy atom. The number of nitrogens with one attached hydrogen (secondary N) is 1. The molecule has 18 heavy (non-hydrogen) atoms. The maximum atomic E-state index is 11.7. The smallest absolute Gasteiger partial charge is 0.160 e. The number of aromatic nitrogens is 1. The molecule has 3 aromatic rings. The second-order valence-electron chi connectivity index (χ2n) is 4.59. The van der Waals surface area contributed by atoms with Crippen molar-refractivity contribution in [1.29, 1.82) is 0 Å². The van der Waals surface area contributed by atoms with Crippen LogP contribution in [-0.2, 0) is 6.42 Å². The average Bonchev–Trinajstić information content (AvgIpc) is 2.75. The molecule has 0 radical (unpaired) electrons. The number of para-hydroxylation sites is 1. The minimum Gasteiger partial charge on any atom is -0.355 e. The van der Waals surface area contributed by atoms with E-state index in [1.807, 2.05) is 24.3 Å². The number of fused-ring (bicyclic) bond motifs is 3. The third-order valence-corrected chi connectivity index (χ3v) is 3.51. The van der Waals surface area contributed by atoms with E-state index in [0.717, 1.165) is 28.6 Å². The lowest BCUT2D eigenvalue weighted by molar-refractivity contribution is 0.101. The van der Waals surface area contributed by atoms with E-state index < -0.39 is 0 Å². The summed E-state index contributed by atoms with van der Waals surface area (Å²) in [5.74, 6) is 0.138. The van der Waals surface area contributed by atoms with E-state index in [1.165, 1.54) is 10.8 Å². The number of rotatable bonds is 2. The number of aromatic amines is 1. The first kappa shape index (κ1) is 11.0. The number of carbonyl (C=O) groups is 1. The number of carbonyl (C=O) groups excluding carboxylic acids is 1. The van der Waals surface area contributed by atoms with Crippen molar-refractivity contribution < 1.29 is 4.79 Å². The van der Waals surface area contributed by atoms with Gasteiger partial charge in [-0.2, -0.15) is 0 Å². The van der Waals surface area contributed by atoms with Crippen LogP contribution in [-0.4, -0.2) is 10.8 Å². The monoisotopic (exact) mass is 237 g/mol. The van der Waals surface area contributed by atoms with Crippen LogP contribution in [0.2, 0.25) is 0 Å². The largest absolute Gasteiger partial charge is 0.355 e. The Hall–Kier alpha value is -2.09. The Kier molecular flexibility index (Phi) is 2.44. The van der Waals surface area contributed by atoms with Crippen LogP contribution >= 0.6 is 0 Å². The van der Waals surface area contributed by atoms with Crippen LogP contribution < -0.4 is 0 Å². The number of hydrogen-bond acceptors (Lipinski definition) is 1. The summed E-state index contributed by atoms with van der Waals surface area (Å²) in [5.41, 5.74) is 4.23. The third-order valence-electron chi connectivity index (χ3n) is 3.51. The van der Waals surface area contributed by atoms with E-state index in [-0.39, 0.29) is 5.78 Å². The van der Waals surface area contributed by atoms with Gasteiger partial charge in [0.2, 0.25) is 0 Å². The minimum atomic E-state index is 0.138. The molecule has 3 rings (SSSR count). The van der Waals surface area contributed by atoms with Gasteiger partial charge in [0.15, 0.2) is 5.78 Å². The van der Waals surface area contributed by atoms with Crippen LogP contribution in [0.25, 0.3) is 21.8 Å². The van der Waals surface area contributed by atoms with Gasteiger partial charge in [0.25, 0.3) is 0 Å². The van der Waals surface area contributed by atoms with Gasteiger partial charge in [-0.25, -0.2) is 0 Å². The molecule has 0 saturated carbocycles. The molecule has 1 heterocycles. The van der Waals surface area contributed by atoms with Crippen LogP contribution in [0.5, 0.6) is 0 Å². The van der Waals surface area contributed by atoms with E-state index in [1.54, 1.807) is 6.92 Å². The Balaban J connectivity index is 2.52. The van der Waals surface area contributed by atoms with Crippen molar-refractivity contribution in [1.82, 2.24) is 4.98 Å². The standard InChI is InChI=1S/C16H15NO/c1-3-11-12(10(2)18)8-9-15-16(11)13-6-4-5-7-14(13)17-15/h4-9,17H,3H2,1-2H3. The molecule has 2 heteroatoms. The zero-order valence-electron chi connectivity index (χ0n) is 10.6. The van der Waals surface area contributed by atoms with Gasteiger partial charge in [-0.05, 0) is 37.1 Å². The molecule has 0 amide bonds. The van der Waals surface area contributed by atoms with Crippen LogP contribution in [0, 0.1) is 0 Å². The first-order valence-corrected chi connectivity index (χ1v) is 6.25. The van der Waals surface area contributed by atoms with Crippen LogP contribution in [0.4, 0.5) is 0 Å². The van der Waals surface area contributed by atoms with Crippen molar-refractivity contribution in [2.75, 3.05) is 0 Å². The fraction of sp³-hybridized carbons (Fsp3) is 0.188. The molecule has 2 nitrogen and oxygen atoms in total. The number of aryl methyl sites for hydroxylation is 1. The Morgan fingerprint density at radius 3 is 2.61 bits per heavy atom. The first-order valence-electron chi connectivity index (χ1n) is 6.25. The molecule has 0 fully saturated rings. The van der Waals surface area contributed by atoms with Gasteiger partial charge in [-0.15, -0.1) is 0 Å². The van der Waals surface area contributed by atoms with E-state index >= 15 is 0 Å². The molecule has 1 aromatic heterocycles. The molecular weight excluding hydrogens is 222 g/mol. The lowest BCUT2D eigenvalue weighted by Crippen LogP contribution is -1.98. The van der Waals surface area contributed by atoms with Gasteiger partial charge in [0, 0.05) is 27.4 Å². The topological polar surface area (TPSA) is 32.9 Å². The molecule has 2 aromatic carbocycles. The normalized spacial score (nSPS) is 11.2. The number of ketones is 1. The van der Waals surface area contributed by atoms with E-state index in [9.17, 15) is 4.79 Å². The van der Waals surface area contributed by atoms with Crippen molar-refractivity contribution in [3.05, 3.63) is 47.5 Å². The SMILES string of the molecule is CCc1c(C(C)=O)ccc2[nH]c3ccccc3c12. The number of benzene rings is 2. The van der Waals surface area contributed by atoms with Crippen molar-refractivity contribution in [3.63, 3.8) is 0 Å². The fourth-order valence-electron chi connectivity index (χ4n) is 2.71. The van der Waals surface area contributed by atoms with Gasteiger partial charge >= 0.3 is 0 Å². The predicted molar refractivity (Wildman–Crippen MR) is 75.2 cm³/mol. The van der Waals surface area contributed by atoms with Gasteiger partial charge in [0.1, 0.15) is 0 Å². The molecule has 0 aliphatic heterocycles. The molecule has 0 atom stereocenters. The number of Topliss-reactive ketones (excluding diaryl/α,β-unsaturated/α-hetero) is 1. The molecule has 0 bridgehead atoms. The van der Waals surface area contributed by atoms with Crippen molar-refractivity contribution in [2.24, 2.45) is 0 Å².